The number of nitrogens with one attached hydrogen (secondary N) is 2. The lowest BCUT2D eigenvalue weighted by Crippen LogP contribution is -2.61. The standard InChI is InChI=1S/C21H25ClF3N9.C2H6/c1-12-10-34(13(2)19(30-12)14(7-26)8-27)18-6-17(22)31-20(32-18)15(9-28-3)33-5-4-29-16(11-33)21(23,24)25;1-2/h4,6-9,11-13,19,26,30H,3,5,10,27H2,1-2H3;1-2H3/b14-8+,15-9-,26-7?;. The fourth-order valence-corrected chi connectivity index (χ4v) is 4.03. The molecule has 2 aliphatic rings. The van der Waals surface area contributed by atoms with Crippen molar-refractivity contribution in [3.05, 3.63) is 46.9 Å². The summed E-state index contributed by atoms with van der Waals surface area (Å²) in [6.45, 7) is 12.0. The zero-order chi connectivity index (χ0) is 27.0. The highest BCUT2D eigenvalue weighted by molar-refractivity contribution is 6.29. The molecule has 0 spiro atoms. The fourth-order valence-electron chi connectivity index (χ4n) is 3.85. The number of nitrogens with zero attached hydrogens (tertiary/aromatic N) is 6. The van der Waals surface area contributed by atoms with Crippen molar-refractivity contribution >= 4 is 42.3 Å². The molecule has 2 aliphatic heterocycles. The van der Waals surface area contributed by atoms with Crippen LogP contribution in [0.2, 0.25) is 5.15 Å². The molecule has 4 N–H and O–H groups in total. The molecule has 1 aromatic rings. The molecule has 0 bridgehead atoms. The summed E-state index contributed by atoms with van der Waals surface area (Å²) >= 11 is 6.32. The zero-order valence-electron chi connectivity index (χ0n) is 20.6. The maximum absolute atomic E-state index is 13.2. The van der Waals surface area contributed by atoms with Gasteiger partial charge in [0.2, 0.25) is 0 Å². The summed E-state index contributed by atoms with van der Waals surface area (Å²) in [5.41, 5.74) is 5.44. The SMILES string of the molecule is C=N/C=C(/c1nc(Cl)cc(N2CC(C)NC(/C(C=N)=C/N)C2C)n1)N1C=C(C(F)(F)F)N=CC1.CC. The summed E-state index contributed by atoms with van der Waals surface area (Å²) in [7, 11) is 0. The number of nitrogens with two attached hydrogens (primary N) is 1. The van der Waals surface area contributed by atoms with E-state index in [9.17, 15) is 13.2 Å². The van der Waals surface area contributed by atoms with E-state index < -0.39 is 11.9 Å². The lowest BCUT2D eigenvalue weighted by atomic mass is 9.96. The fraction of sp³-hybridized carbons (Fsp3) is 0.435. The Morgan fingerprint density at radius 2 is 2.03 bits per heavy atom. The van der Waals surface area contributed by atoms with Gasteiger partial charge in [-0.1, -0.05) is 25.4 Å². The molecule has 3 rings (SSSR count). The third-order valence-electron chi connectivity index (χ3n) is 5.43. The van der Waals surface area contributed by atoms with Gasteiger partial charge in [0, 0.05) is 55.1 Å². The minimum Gasteiger partial charge on any atom is -0.404 e. The number of allylic oxidation sites excluding steroid dienone is 1. The van der Waals surface area contributed by atoms with Crippen LogP contribution in [0.5, 0.6) is 0 Å². The van der Waals surface area contributed by atoms with Gasteiger partial charge in [0.1, 0.15) is 16.7 Å². The number of halogens is 4. The average molecular weight is 526 g/mol. The van der Waals surface area contributed by atoms with Gasteiger partial charge in [0.15, 0.2) is 11.5 Å². The van der Waals surface area contributed by atoms with Crippen molar-refractivity contribution in [2.45, 2.75) is 52.0 Å². The van der Waals surface area contributed by atoms with Crippen LogP contribution in [0.3, 0.4) is 0 Å². The Balaban J connectivity index is 0.00000222. The second-order valence-corrected chi connectivity index (χ2v) is 8.18. The first kappa shape index (κ1) is 29.0. The summed E-state index contributed by atoms with van der Waals surface area (Å²) < 4.78 is 39.7. The highest BCUT2D eigenvalue weighted by atomic mass is 35.5. The minimum atomic E-state index is -4.62. The number of anilines is 1. The van der Waals surface area contributed by atoms with Gasteiger partial charge >= 0.3 is 6.18 Å². The second kappa shape index (κ2) is 12.6. The summed E-state index contributed by atoms with van der Waals surface area (Å²) in [6, 6.07) is 1.19. The van der Waals surface area contributed by atoms with Gasteiger partial charge in [-0.25, -0.2) is 9.97 Å². The molecular formula is C23H31ClF3N9. The van der Waals surface area contributed by atoms with Crippen molar-refractivity contribution in [1.29, 1.82) is 5.41 Å². The number of piperazine rings is 1. The summed E-state index contributed by atoms with van der Waals surface area (Å²) in [4.78, 5) is 19.3. The van der Waals surface area contributed by atoms with Crippen LogP contribution in [-0.2, 0) is 0 Å². The summed E-state index contributed by atoms with van der Waals surface area (Å²) in [5, 5.41) is 11.2. The van der Waals surface area contributed by atoms with Crippen LogP contribution in [-0.4, -0.2) is 71.4 Å². The Bertz CT molecular complexity index is 1070. The molecule has 3 atom stereocenters. The monoisotopic (exact) mass is 525 g/mol. The number of hydrogen-bond acceptors (Lipinski definition) is 9. The number of aliphatic imine (C=N–C) groups is 2. The van der Waals surface area contributed by atoms with Crippen molar-refractivity contribution in [2.75, 3.05) is 18.0 Å². The van der Waals surface area contributed by atoms with E-state index in [2.05, 4.69) is 32.0 Å². The smallest absolute Gasteiger partial charge is 0.404 e. The van der Waals surface area contributed by atoms with Gasteiger partial charge in [-0.3, -0.25) is 9.98 Å². The Kier molecular flexibility index (Phi) is 10.2. The molecule has 1 fully saturated rings. The van der Waals surface area contributed by atoms with E-state index in [1.54, 1.807) is 6.07 Å². The molecule has 9 nitrogen and oxygen atoms in total. The van der Waals surface area contributed by atoms with E-state index in [0.717, 1.165) is 12.4 Å². The van der Waals surface area contributed by atoms with Crippen LogP contribution in [0.1, 0.15) is 33.5 Å². The normalized spacial score (nSPS) is 23.0. The molecule has 13 heteroatoms. The van der Waals surface area contributed by atoms with Crippen LogP contribution in [0.25, 0.3) is 5.70 Å². The number of rotatable bonds is 6. The van der Waals surface area contributed by atoms with Gasteiger partial charge < -0.3 is 26.3 Å². The van der Waals surface area contributed by atoms with Gasteiger partial charge in [0.25, 0.3) is 0 Å². The third kappa shape index (κ3) is 6.70. The third-order valence-corrected chi connectivity index (χ3v) is 5.63. The topological polar surface area (TPSA) is 119 Å². The van der Waals surface area contributed by atoms with E-state index in [0.29, 0.717) is 17.9 Å². The molecule has 196 valence electrons. The first-order valence-electron chi connectivity index (χ1n) is 11.3. The second-order valence-electron chi connectivity index (χ2n) is 7.79. The maximum atomic E-state index is 13.2. The van der Waals surface area contributed by atoms with Crippen LogP contribution in [0, 0.1) is 5.41 Å². The largest absolute Gasteiger partial charge is 0.434 e. The van der Waals surface area contributed by atoms with Gasteiger partial charge in [-0.15, -0.1) is 0 Å². The first-order valence-corrected chi connectivity index (χ1v) is 11.7. The summed E-state index contributed by atoms with van der Waals surface area (Å²) in [5.74, 6) is 0.558. The molecule has 1 saturated heterocycles. The molecule has 3 unspecified atom stereocenters. The lowest BCUT2D eigenvalue weighted by Gasteiger charge is -2.44. The first-order chi connectivity index (χ1) is 17.1. The molecule has 1 aromatic heterocycles. The van der Waals surface area contributed by atoms with E-state index >= 15 is 0 Å². The van der Waals surface area contributed by atoms with Crippen LogP contribution in [0.15, 0.2) is 45.9 Å². The quantitative estimate of drug-likeness (QED) is 0.381. The van der Waals surface area contributed by atoms with Gasteiger partial charge in [-0.2, -0.15) is 13.2 Å². The van der Waals surface area contributed by atoms with Crippen molar-refractivity contribution in [3.63, 3.8) is 0 Å². The predicted molar refractivity (Wildman–Crippen MR) is 139 cm³/mol. The highest BCUT2D eigenvalue weighted by Crippen LogP contribution is 2.32. The Morgan fingerprint density at radius 3 is 2.61 bits per heavy atom. The van der Waals surface area contributed by atoms with E-state index in [4.69, 9.17) is 22.7 Å². The van der Waals surface area contributed by atoms with E-state index in [-0.39, 0.29) is 41.3 Å². The van der Waals surface area contributed by atoms with Crippen LogP contribution in [0.4, 0.5) is 19.0 Å². The van der Waals surface area contributed by atoms with Crippen molar-refractivity contribution in [1.82, 2.24) is 20.2 Å². The predicted octanol–water partition coefficient (Wildman–Crippen LogP) is 3.99. The van der Waals surface area contributed by atoms with Crippen LogP contribution >= 0.6 is 11.6 Å². The molecule has 3 heterocycles. The number of hydrogen-bond donors (Lipinski definition) is 3. The zero-order valence-corrected chi connectivity index (χ0v) is 21.3. The van der Waals surface area contributed by atoms with Gasteiger partial charge in [-0.05, 0) is 20.6 Å². The Labute approximate surface area is 213 Å². The minimum absolute atomic E-state index is 0.0220. The molecule has 36 heavy (non-hydrogen) atoms. The van der Waals surface area contributed by atoms with E-state index in [1.165, 1.54) is 23.5 Å². The number of aromatic nitrogens is 2. The Hall–Kier alpha value is -3.25. The van der Waals surface area contributed by atoms with Crippen molar-refractivity contribution in [3.8, 4) is 0 Å². The molecular weight excluding hydrogens is 495 g/mol. The molecule has 0 aromatic carbocycles. The highest BCUT2D eigenvalue weighted by Gasteiger charge is 2.37. The van der Waals surface area contributed by atoms with E-state index in [1.807, 2.05) is 32.6 Å². The number of alkyl halides is 3. The molecule has 0 aliphatic carbocycles. The van der Waals surface area contributed by atoms with Crippen molar-refractivity contribution in [2.24, 2.45) is 15.7 Å². The van der Waals surface area contributed by atoms with Crippen LogP contribution < -0.4 is 16.0 Å². The maximum Gasteiger partial charge on any atom is 0.434 e. The van der Waals surface area contributed by atoms with Gasteiger partial charge in [0.05, 0.1) is 18.8 Å². The summed E-state index contributed by atoms with van der Waals surface area (Å²) in [6.07, 6.45) is 1.25. The lowest BCUT2D eigenvalue weighted by molar-refractivity contribution is -0.0934. The average Bonchev–Trinajstić information content (AvgIpc) is 2.85. The molecule has 0 radical (unpaired) electrons. The Morgan fingerprint density at radius 1 is 1.33 bits per heavy atom. The molecule has 0 saturated carbocycles. The molecule has 0 amide bonds. The van der Waals surface area contributed by atoms with Crippen molar-refractivity contribution < 1.29 is 13.2 Å².